The number of carbonyl (C=O) groups is 1. The van der Waals surface area contributed by atoms with Gasteiger partial charge in [-0.2, -0.15) is 0 Å². The van der Waals surface area contributed by atoms with E-state index in [4.69, 9.17) is 16.3 Å². The van der Waals surface area contributed by atoms with Crippen molar-refractivity contribution in [3.05, 3.63) is 68.2 Å². The van der Waals surface area contributed by atoms with Gasteiger partial charge in [-0.05, 0) is 25.1 Å². The maximum atomic E-state index is 11.0. The van der Waals surface area contributed by atoms with Gasteiger partial charge in [-0.3, -0.25) is 14.9 Å². The Bertz CT molecular complexity index is 700. The average molecular weight is 306 g/mol. The molecule has 0 saturated carbocycles. The molecule has 0 aliphatic carbocycles. The number of rotatable bonds is 5. The molecule has 2 rings (SSSR count). The second kappa shape index (κ2) is 6.37. The quantitative estimate of drug-likeness (QED) is 0.476. The number of hydrogen-bond donors (Lipinski definition) is 0. The Morgan fingerprint density at radius 3 is 2.67 bits per heavy atom. The highest BCUT2D eigenvalue weighted by molar-refractivity contribution is 6.31. The Hall–Kier alpha value is -2.40. The molecule has 2 aromatic carbocycles. The Balaban J connectivity index is 2.17. The van der Waals surface area contributed by atoms with Gasteiger partial charge in [-0.15, -0.1) is 0 Å². The summed E-state index contributed by atoms with van der Waals surface area (Å²) in [5.41, 5.74) is 1.94. The molecule has 0 aromatic heterocycles. The van der Waals surface area contributed by atoms with Gasteiger partial charge in [0.1, 0.15) is 12.4 Å². The number of ether oxygens (including phenoxy) is 1. The predicted molar refractivity (Wildman–Crippen MR) is 79.0 cm³/mol. The lowest BCUT2D eigenvalue weighted by atomic mass is 10.1. The van der Waals surface area contributed by atoms with Crippen LogP contribution < -0.4 is 4.74 Å². The molecule has 0 spiro atoms. The van der Waals surface area contributed by atoms with Crippen LogP contribution in [0.25, 0.3) is 0 Å². The molecule has 21 heavy (non-hydrogen) atoms. The van der Waals surface area contributed by atoms with E-state index in [-0.39, 0.29) is 17.3 Å². The highest BCUT2D eigenvalue weighted by Gasteiger charge is 2.10. The minimum atomic E-state index is -0.513. The van der Waals surface area contributed by atoms with Crippen molar-refractivity contribution in [3.8, 4) is 5.75 Å². The molecule has 0 amide bonds. The third kappa shape index (κ3) is 3.58. The second-order valence-corrected chi connectivity index (χ2v) is 4.89. The number of benzene rings is 2. The first-order chi connectivity index (χ1) is 10.0. The van der Waals surface area contributed by atoms with E-state index in [9.17, 15) is 14.9 Å². The fourth-order valence-electron chi connectivity index (χ4n) is 1.81. The standard InChI is InChI=1S/C15H12ClNO4/c1-10-2-5-15(12(6-10)8-18)21-9-11-3-4-13(17(19)20)7-14(11)16/h2-8H,9H2,1H3. The van der Waals surface area contributed by atoms with Gasteiger partial charge in [-0.25, -0.2) is 0 Å². The minimum Gasteiger partial charge on any atom is -0.488 e. The normalized spacial score (nSPS) is 10.2. The van der Waals surface area contributed by atoms with Gasteiger partial charge >= 0.3 is 0 Å². The molecule has 0 aliphatic rings. The minimum absolute atomic E-state index is 0.0762. The Morgan fingerprint density at radius 1 is 1.29 bits per heavy atom. The van der Waals surface area contributed by atoms with Crippen LogP contribution in [0, 0.1) is 17.0 Å². The highest BCUT2D eigenvalue weighted by atomic mass is 35.5. The Morgan fingerprint density at radius 2 is 2.05 bits per heavy atom. The summed E-state index contributed by atoms with van der Waals surface area (Å²) in [5.74, 6) is 0.449. The molecule has 0 unspecified atom stereocenters. The number of halogens is 1. The number of nitrogens with zero attached hydrogens (tertiary/aromatic N) is 1. The Labute approximate surface area is 126 Å². The average Bonchev–Trinajstić information content (AvgIpc) is 2.46. The van der Waals surface area contributed by atoms with Crippen molar-refractivity contribution in [1.82, 2.24) is 0 Å². The van der Waals surface area contributed by atoms with Crippen LogP contribution in [0.4, 0.5) is 5.69 Å². The maximum absolute atomic E-state index is 11.0. The zero-order valence-corrected chi connectivity index (χ0v) is 12.0. The molecule has 0 aliphatic heterocycles. The largest absolute Gasteiger partial charge is 0.488 e. The van der Waals surface area contributed by atoms with Crippen LogP contribution in [-0.4, -0.2) is 11.2 Å². The van der Waals surface area contributed by atoms with Crippen molar-refractivity contribution >= 4 is 23.6 Å². The predicted octanol–water partition coefficient (Wildman–Crippen LogP) is 3.95. The molecular formula is C15H12ClNO4. The molecule has 0 heterocycles. The molecule has 0 atom stereocenters. The molecule has 0 radical (unpaired) electrons. The molecule has 0 saturated heterocycles. The number of hydrogen-bond acceptors (Lipinski definition) is 4. The number of aryl methyl sites for hydroxylation is 1. The third-order valence-electron chi connectivity index (χ3n) is 2.92. The SMILES string of the molecule is Cc1ccc(OCc2ccc([N+](=O)[O-])cc2Cl)c(C=O)c1. The van der Waals surface area contributed by atoms with Crippen LogP contribution in [0.3, 0.4) is 0 Å². The van der Waals surface area contributed by atoms with Gasteiger partial charge in [0, 0.05) is 17.7 Å². The van der Waals surface area contributed by atoms with Gasteiger partial charge in [0.05, 0.1) is 15.5 Å². The summed E-state index contributed by atoms with van der Waals surface area (Å²) >= 11 is 5.98. The summed E-state index contributed by atoms with van der Waals surface area (Å²) in [5, 5.41) is 10.9. The van der Waals surface area contributed by atoms with Crippen LogP contribution in [0.15, 0.2) is 36.4 Å². The zero-order valence-electron chi connectivity index (χ0n) is 11.2. The van der Waals surface area contributed by atoms with E-state index in [0.29, 0.717) is 16.9 Å². The first-order valence-electron chi connectivity index (χ1n) is 6.12. The summed E-state index contributed by atoms with van der Waals surface area (Å²) in [6.45, 7) is 2.00. The van der Waals surface area contributed by atoms with Crippen LogP contribution >= 0.6 is 11.6 Å². The Kier molecular flexibility index (Phi) is 4.55. The van der Waals surface area contributed by atoms with E-state index in [1.54, 1.807) is 12.1 Å². The maximum Gasteiger partial charge on any atom is 0.270 e. The van der Waals surface area contributed by atoms with Crippen molar-refractivity contribution < 1.29 is 14.5 Å². The number of aldehydes is 1. The molecule has 2 aromatic rings. The van der Waals surface area contributed by atoms with Gasteiger partial charge < -0.3 is 4.74 Å². The lowest BCUT2D eigenvalue weighted by molar-refractivity contribution is -0.384. The van der Waals surface area contributed by atoms with Gasteiger partial charge in [0.15, 0.2) is 6.29 Å². The molecule has 5 nitrogen and oxygen atoms in total. The summed E-state index contributed by atoms with van der Waals surface area (Å²) < 4.78 is 5.56. The number of nitro groups is 1. The van der Waals surface area contributed by atoms with Crippen LogP contribution in [-0.2, 0) is 6.61 Å². The summed E-state index contributed by atoms with van der Waals surface area (Å²) in [4.78, 5) is 21.1. The first-order valence-corrected chi connectivity index (χ1v) is 6.50. The molecule has 0 bridgehead atoms. The van der Waals surface area contributed by atoms with E-state index in [1.807, 2.05) is 13.0 Å². The van der Waals surface area contributed by atoms with Gasteiger partial charge in [0.25, 0.3) is 5.69 Å². The van der Waals surface area contributed by atoms with Crippen molar-refractivity contribution in [2.24, 2.45) is 0 Å². The number of nitro benzene ring substituents is 1. The molecule has 108 valence electrons. The van der Waals surface area contributed by atoms with E-state index in [2.05, 4.69) is 0 Å². The molecule has 0 N–H and O–H groups in total. The fraction of sp³-hybridized carbons (Fsp3) is 0.133. The second-order valence-electron chi connectivity index (χ2n) is 4.48. The number of non-ortho nitro benzene ring substituents is 1. The van der Waals surface area contributed by atoms with Crippen LogP contribution in [0.1, 0.15) is 21.5 Å². The summed E-state index contributed by atoms with van der Waals surface area (Å²) in [7, 11) is 0. The molecular weight excluding hydrogens is 294 g/mol. The molecule has 0 fully saturated rings. The van der Waals surface area contributed by atoms with Crippen molar-refractivity contribution in [3.63, 3.8) is 0 Å². The van der Waals surface area contributed by atoms with Crippen LogP contribution in [0.2, 0.25) is 5.02 Å². The van der Waals surface area contributed by atoms with Crippen LogP contribution in [0.5, 0.6) is 5.75 Å². The monoisotopic (exact) mass is 305 g/mol. The van der Waals surface area contributed by atoms with E-state index < -0.39 is 4.92 Å². The van der Waals surface area contributed by atoms with E-state index >= 15 is 0 Å². The molecule has 6 heteroatoms. The first kappa shape index (κ1) is 15.0. The van der Waals surface area contributed by atoms with Gasteiger partial charge in [-0.1, -0.05) is 23.2 Å². The van der Waals surface area contributed by atoms with Gasteiger partial charge in [0.2, 0.25) is 0 Å². The summed E-state index contributed by atoms with van der Waals surface area (Å²) in [6, 6.07) is 9.43. The smallest absolute Gasteiger partial charge is 0.270 e. The third-order valence-corrected chi connectivity index (χ3v) is 3.27. The zero-order chi connectivity index (χ0) is 15.4. The van der Waals surface area contributed by atoms with E-state index in [1.165, 1.54) is 18.2 Å². The van der Waals surface area contributed by atoms with E-state index in [0.717, 1.165) is 11.8 Å². The lowest BCUT2D eigenvalue weighted by Crippen LogP contribution is -2.00. The van der Waals surface area contributed by atoms with Crippen molar-refractivity contribution in [1.29, 1.82) is 0 Å². The number of carbonyl (C=O) groups excluding carboxylic acids is 1. The van der Waals surface area contributed by atoms with Crippen molar-refractivity contribution in [2.75, 3.05) is 0 Å². The fourth-order valence-corrected chi connectivity index (χ4v) is 2.04. The summed E-state index contributed by atoms with van der Waals surface area (Å²) in [6.07, 6.45) is 0.722. The lowest BCUT2D eigenvalue weighted by Gasteiger charge is -2.10. The highest BCUT2D eigenvalue weighted by Crippen LogP contribution is 2.25. The van der Waals surface area contributed by atoms with Crippen molar-refractivity contribution in [2.45, 2.75) is 13.5 Å². The topological polar surface area (TPSA) is 69.4 Å².